The fourth-order valence-electron chi connectivity index (χ4n) is 2.29. The van der Waals surface area contributed by atoms with Gasteiger partial charge in [-0.1, -0.05) is 25.1 Å². The molecule has 0 amide bonds. The van der Waals surface area contributed by atoms with E-state index < -0.39 is 6.10 Å². The Bertz CT molecular complexity index is 576. The smallest absolute Gasteiger partial charge is 0.125 e. The summed E-state index contributed by atoms with van der Waals surface area (Å²) in [5, 5.41) is 15.1. The van der Waals surface area contributed by atoms with Crippen LogP contribution in [0.25, 0.3) is 0 Å². The third-order valence-corrected chi connectivity index (χ3v) is 3.14. The van der Waals surface area contributed by atoms with Gasteiger partial charge in [-0.25, -0.2) is 0 Å². The van der Waals surface area contributed by atoms with Crippen molar-refractivity contribution in [2.75, 3.05) is 0 Å². The maximum Gasteiger partial charge on any atom is 0.125 e. The van der Waals surface area contributed by atoms with E-state index in [2.05, 4.69) is 5.10 Å². The van der Waals surface area contributed by atoms with Crippen LogP contribution in [0.4, 0.5) is 0 Å². The highest BCUT2D eigenvalue weighted by atomic mass is 16.5. The van der Waals surface area contributed by atoms with Crippen molar-refractivity contribution in [1.82, 2.24) is 9.78 Å². The molecule has 20 heavy (non-hydrogen) atoms. The third-order valence-electron chi connectivity index (χ3n) is 3.14. The minimum absolute atomic E-state index is 0.0721. The fraction of sp³-hybridized carbons (Fsp3) is 0.438. The Labute approximate surface area is 120 Å². The van der Waals surface area contributed by atoms with E-state index in [1.54, 1.807) is 4.68 Å². The summed E-state index contributed by atoms with van der Waals surface area (Å²) in [4.78, 5) is 0. The van der Waals surface area contributed by atoms with Crippen LogP contribution in [0.1, 0.15) is 43.7 Å². The fourth-order valence-corrected chi connectivity index (χ4v) is 2.29. The van der Waals surface area contributed by atoms with E-state index in [1.165, 1.54) is 0 Å². The second kappa shape index (κ2) is 6.09. The van der Waals surface area contributed by atoms with Gasteiger partial charge in [0.05, 0.1) is 11.8 Å². The van der Waals surface area contributed by atoms with Crippen molar-refractivity contribution < 1.29 is 9.84 Å². The summed E-state index contributed by atoms with van der Waals surface area (Å²) in [6.45, 7) is 5.99. The minimum Gasteiger partial charge on any atom is -0.491 e. The van der Waals surface area contributed by atoms with Gasteiger partial charge in [0, 0.05) is 24.4 Å². The van der Waals surface area contributed by atoms with Crippen molar-refractivity contribution >= 4 is 0 Å². The Balaban J connectivity index is 2.39. The van der Waals surface area contributed by atoms with Gasteiger partial charge in [0.25, 0.3) is 0 Å². The first-order valence-electron chi connectivity index (χ1n) is 6.99. The summed E-state index contributed by atoms with van der Waals surface area (Å²) < 4.78 is 7.52. The van der Waals surface area contributed by atoms with Gasteiger partial charge in [0.2, 0.25) is 0 Å². The summed E-state index contributed by atoms with van der Waals surface area (Å²) in [6, 6.07) is 7.61. The number of para-hydroxylation sites is 1. The van der Waals surface area contributed by atoms with Crippen LogP contribution in [0.2, 0.25) is 0 Å². The lowest BCUT2D eigenvalue weighted by atomic mass is 10.0. The Hall–Kier alpha value is -1.81. The Morgan fingerprint density at radius 1 is 1.25 bits per heavy atom. The number of aliphatic hydroxyl groups is 1. The first kappa shape index (κ1) is 14.6. The molecule has 2 aromatic rings. The number of nitrogens with zero attached hydrogens (tertiary/aromatic N) is 2. The molecule has 1 atom stereocenters. The standard InChI is InChI=1S/C16H22N2O2/c1-5-14-13(10-18(4)17-14)16(19)12-8-6-7-9-15(12)20-11(2)3/h6-11,16,19H,5H2,1-4H3. The molecule has 0 fully saturated rings. The summed E-state index contributed by atoms with van der Waals surface area (Å²) in [5.74, 6) is 0.723. The van der Waals surface area contributed by atoms with Gasteiger partial charge in [-0.15, -0.1) is 0 Å². The SMILES string of the molecule is CCc1nn(C)cc1C(O)c1ccccc1OC(C)C. The zero-order valence-electron chi connectivity index (χ0n) is 12.5. The number of hydrogen-bond donors (Lipinski definition) is 1. The molecule has 108 valence electrons. The van der Waals surface area contributed by atoms with Crippen LogP contribution in [0.5, 0.6) is 5.75 Å². The van der Waals surface area contributed by atoms with E-state index >= 15 is 0 Å². The van der Waals surface area contributed by atoms with E-state index in [0.717, 1.165) is 29.0 Å². The molecule has 0 aliphatic rings. The molecule has 1 N–H and O–H groups in total. The Kier molecular flexibility index (Phi) is 4.45. The van der Waals surface area contributed by atoms with Crippen molar-refractivity contribution in [3.05, 3.63) is 47.3 Å². The number of aromatic nitrogens is 2. The van der Waals surface area contributed by atoms with Crippen molar-refractivity contribution in [2.24, 2.45) is 7.05 Å². The molecule has 0 aliphatic heterocycles. The van der Waals surface area contributed by atoms with Crippen LogP contribution in [0, 0.1) is 0 Å². The van der Waals surface area contributed by atoms with Gasteiger partial charge in [0.15, 0.2) is 0 Å². The third kappa shape index (κ3) is 3.02. The highest BCUT2D eigenvalue weighted by Gasteiger charge is 2.20. The van der Waals surface area contributed by atoms with Gasteiger partial charge in [-0.2, -0.15) is 5.10 Å². The first-order valence-corrected chi connectivity index (χ1v) is 6.99. The van der Waals surface area contributed by atoms with Crippen LogP contribution in [-0.4, -0.2) is 21.0 Å². The number of aliphatic hydroxyl groups excluding tert-OH is 1. The molecule has 0 bridgehead atoms. The second-order valence-electron chi connectivity index (χ2n) is 5.17. The lowest BCUT2D eigenvalue weighted by molar-refractivity contribution is 0.197. The summed E-state index contributed by atoms with van der Waals surface area (Å²) in [7, 11) is 1.87. The summed E-state index contributed by atoms with van der Waals surface area (Å²) in [6.07, 6.45) is 2.02. The van der Waals surface area contributed by atoms with Crippen molar-refractivity contribution in [2.45, 2.75) is 39.4 Å². The largest absolute Gasteiger partial charge is 0.491 e. The maximum atomic E-state index is 10.7. The van der Waals surface area contributed by atoms with Crippen LogP contribution >= 0.6 is 0 Å². The number of aryl methyl sites for hydroxylation is 2. The first-order chi connectivity index (χ1) is 9.52. The molecule has 1 aromatic heterocycles. The summed E-state index contributed by atoms with van der Waals surface area (Å²) in [5.41, 5.74) is 2.54. The van der Waals surface area contributed by atoms with Crippen LogP contribution in [-0.2, 0) is 13.5 Å². The number of ether oxygens (including phenoxy) is 1. The van der Waals surface area contributed by atoms with Gasteiger partial charge in [-0.05, 0) is 26.3 Å². The molecular weight excluding hydrogens is 252 g/mol. The monoisotopic (exact) mass is 274 g/mol. The van der Waals surface area contributed by atoms with Crippen molar-refractivity contribution in [1.29, 1.82) is 0 Å². The van der Waals surface area contributed by atoms with Crippen LogP contribution < -0.4 is 4.74 Å². The maximum absolute atomic E-state index is 10.7. The molecule has 1 aromatic carbocycles. The second-order valence-corrected chi connectivity index (χ2v) is 5.17. The van der Waals surface area contributed by atoms with Crippen molar-refractivity contribution in [3.8, 4) is 5.75 Å². The van der Waals surface area contributed by atoms with Crippen molar-refractivity contribution in [3.63, 3.8) is 0 Å². The molecule has 0 spiro atoms. The number of benzene rings is 1. The van der Waals surface area contributed by atoms with Gasteiger partial charge < -0.3 is 9.84 Å². The normalized spacial score (nSPS) is 12.7. The molecule has 0 radical (unpaired) electrons. The van der Waals surface area contributed by atoms with E-state index in [9.17, 15) is 5.11 Å². The molecule has 0 aliphatic carbocycles. The zero-order chi connectivity index (χ0) is 14.7. The van der Waals surface area contributed by atoms with E-state index in [1.807, 2.05) is 58.3 Å². The molecule has 4 heteroatoms. The highest BCUT2D eigenvalue weighted by molar-refractivity contribution is 5.41. The number of hydrogen-bond acceptors (Lipinski definition) is 3. The minimum atomic E-state index is -0.714. The quantitative estimate of drug-likeness (QED) is 0.912. The van der Waals surface area contributed by atoms with Gasteiger partial charge >= 0.3 is 0 Å². The van der Waals surface area contributed by atoms with E-state index in [4.69, 9.17) is 4.74 Å². The van der Waals surface area contributed by atoms with Crippen LogP contribution in [0.15, 0.2) is 30.5 Å². The number of rotatable bonds is 5. The summed E-state index contributed by atoms with van der Waals surface area (Å²) >= 11 is 0. The highest BCUT2D eigenvalue weighted by Crippen LogP contribution is 2.31. The topological polar surface area (TPSA) is 47.3 Å². The van der Waals surface area contributed by atoms with Gasteiger partial charge in [0.1, 0.15) is 11.9 Å². The Morgan fingerprint density at radius 2 is 1.95 bits per heavy atom. The molecule has 0 saturated carbocycles. The average molecular weight is 274 g/mol. The van der Waals surface area contributed by atoms with E-state index in [0.29, 0.717) is 0 Å². The average Bonchev–Trinajstić information content (AvgIpc) is 2.79. The van der Waals surface area contributed by atoms with Crippen LogP contribution in [0.3, 0.4) is 0 Å². The zero-order valence-corrected chi connectivity index (χ0v) is 12.5. The molecule has 2 rings (SSSR count). The molecule has 1 unspecified atom stereocenters. The van der Waals surface area contributed by atoms with Gasteiger partial charge in [-0.3, -0.25) is 4.68 Å². The predicted octanol–water partition coefficient (Wildman–Crippen LogP) is 2.85. The molecule has 0 saturated heterocycles. The predicted molar refractivity (Wildman–Crippen MR) is 78.9 cm³/mol. The lowest BCUT2D eigenvalue weighted by Gasteiger charge is -2.18. The molecule has 1 heterocycles. The molecule has 4 nitrogen and oxygen atoms in total. The lowest BCUT2D eigenvalue weighted by Crippen LogP contribution is -2.10. The Morgan fingerprint density at radius 3 is 2.60 bits per heavy atom. The molecular formula is C16H22N2O2. The van der Waals surface area contributed by atoms with E-state index in [-0.39, 0.29) is 6.10 Å².